The van der Waals surface area contributed by atoms with Crippen molar-refractivity contribution in [3.05, 3.63) is 0 Å². The number of hydroxylamine groups is 1. The highest BCUT2D eigenvalue weighted by molar-refractivity contribution is 5.97. The summed E-state index contributed by atoms with van der Waals surface area (Å²) in [6.07, 6.45) is 0.115. The molecule has 0 saturated carbocycles. The molecular formula is C8H16N4O4. The van der Waals surface area contributed by atoms with Crippen LogP contribution in [0.5, 0.6) is 0 Å². The van der Waals surface area contributed by atoms with Crippen molar-refractivity contribution in [3.8, 4) is 0 Å². The van der Waals surface area contributed by atoms with Crippen molar-refractivity contribution in [2.75, 3.05) is 6.54 Å². The van der Waals surface area contributed by atoms with Crippen molar-refractivity contribution < 1.29 is 19.9 Å². The van der Waals surface area contributed by atoms with Crippen LogP contribution in [0.15, 0.2) is 0 Å². The summed E-state index contributed by atoms with van der Waals surface area (Å²) in [5.74, 6) is -1.99. The third kappa shape index (κ3) is 6.74. The summed E-state index contributed by atoms with van der Waals surface area (Å²) in [6, 6.07) is -0.898. The molecule has 0 aliphatic heterocycles. The molecule has 1 atom stereocenters. The fourth-order valence-corrected chi connectivity index (χ4v) is 1.10. The Kier molecular flexibility index (Phi) is 6.81. The van der Waals surface area contributed by atoms with Gasteiger partial charge in [-0.05, 0) is 12.8 Å². The summed E-state index contributed by atoms with van der Waals surface area (Å²) in [5.41, 5.74) is 6.80. The molecule has 0 amide bonds. The van der Waals surface area contributed by atoms with Crippen LogP contribution in [0.3, 0.4) is 0 Å². The molecular weight excluding hydrogens is 216 g/mol. The molecule has 0 fully saturated rings. The number of nitrogens with one attached hydrogen (secondary N) is 3. The predicted molar refractivity (Wildman–Crippen MR) is 55.1 cm³/mol. The first-order valence-corrected chi connectivity index (χ1v) is 4.69. The monoisotopic (exact) mass is 232 g/mol. The van der Waals surface area contributed by atoms with Crippen LogP contribution in [0.1, 0.15) is 19.3 Å². The van der Waals surface area contributed by atoms with Crippen LogP contribution in [0.4, 0.5) is 0 Å². The second-order valence-corrected chi connectivity index (χ2v) is 3.20. The number of hydrogen-bond donors (Lipinski definition) is 6. The molecule has 8 nitrogen and oxygen atoms in total. The fourth-order valence-electron chi connectivity index (χ4n) is 1.10. The Balaban J connectivity index is 3.86. The normalized spacial score (nSPS) is 11.8. The van der Waals surface area contributed by atoms with Gasteiger partial charge in [0.1, 0.15) is 6.42 Å². The van der Waals surface area contributed by atoms with Crippen LogP contribution < -0.4 is 16.5 Å². The van der Waals surface area contributed by atoms with Crippen molar-refractivity contribution in [2.24, 2.45) is 5.73 Å². The first-order chi connectivity index (χ1) is 7.47. The number of hydrogen-bond acceptors (Lipinski definition) is 5. The number of Topliss-reactive ketones (excluding diaryl/α,β-unsaturated/α-hetero) is 1. The molecule has 0 aliphatic rings. The van der Waals surface area contributed by atoms with Crippen molar-refractivity contribution in [1.29, 1.82) is 5.41 Å². The molecule has 0 spiro atoms. The summed E-state index contributed by atoms with van der Waals surface area (Å²) in [6.45, 7) is 0.383. The SMILES string of the molecule is N=C(N)NCCC[C@H](NO)C(=O)CC(=O)O. The van der Waals surface area contributed by atoms with Crippen LogP contribution in [-0.4, -0.2) is 40.6 Å². The van der Waals surface area contributed by atoms with Gasteiger partial charge < -0.3 is 21.4 Å². The van der Waals surface area contributed by atoms with Gasteiger partial charge in [0.25, 0.3) is 0 Å². The van der Waals surface area contributed by atoms with Gasteiger partial charge in [-0.3, -0.25) is 15.0 Å². The maximum atomic E-state index is 11.2. The average Bonchev–Trinajstić information content (AvgIpc) is 2.16. The van der Waals surface area contributed by atoms with Gasteiger partial charge in [-0.2, -0.15) is 5.48 Å². The highest BCUT2D eigenvalue weighted by Crippen LogP contribution is 2.00. The van der Waals surface area contributed by atoms with Crippen LogP contribution in [0.25, 0.3) is 0 Å². The smallest absolute Gasteiger partial charge is 0.310 e. The van der Waals surface area contributed by atoms with Crippen LogP contribution >= 0.6 is 0 Å². The van der Waals surface area contributed by atoms with Gasteiger partial charge in [0.2, 0.25) is 0 Å². The highest BCUT2D eigenvalue weighted by atomic mass is 16.5. The minimum Gasteiger partial charge on any atom is -0.481 e. The van der Waals surface area contributed by atoms with E-state index in [0.29, 0.717) is 13.0 Å². The van der Waals surface area contributed by atoms with E-state index < -0.39 is 24.2 Å². The lowest BCUT2D eigenvalue weighted by atomic mass is 10.1. The van der Waals surface area contributed by atoms with Gasteiger partial charge in [0.15, 0.2) is 11.7 Å². The molecule has 0 aromatic rings. The summed E-state index contributed by atoms with van der Waals surface area (Å²) < 4.78 is 0. The molecule has 0 unspecified atom stereocenters. The van der Waals surface area contributed by atoms with Gasteiger partial charge in [-0.25, -0.2) is 0 Å². The molecule has 8 heteroatoms. The van der Waals surface area contributed by atoms with E-state index in [1.807, 2.05) is 0 Å². The summed E-state index contributed by atoms with van der Waals surface area (Å²) >= 11 is 0. The van der Waals surface area contributed by atoms with Gasteiger partial charge in [0.05, 0.1) is 6.04 Å². The summed E-state index contributed by atoms with van der Waals surface area (Å²) in [4.78, 5) is 21.5. The zero-order chi connectivity index (χ0) is 12.6. The summed E-state index contributed by atoms with van der Waals surface area (Å²) in [5, 5.41) is 26.4. The molecule has 0 saturated heterocycles. The Bertz CT molecular complexity index is 269. The van der Waals surface area contributed by atoms with Gasteiger partial charge in [0, 0.05) is 6.54 Å². The van der Waals surface area contributed by atoms with Crippen molar-refractivity contribution >= 4 is 17.7 Å². The Morgan fingerprint density at radius 2 is 2.06 bits per heavy atom. The third-order valence-electron chi connectivity index (χ3n) is 1.85. The highest BCUT2D eigenvalue weighted by Gasteiger charge is 2.19. The molecule has 7 N–H and O–H groups in total. The molecule has 92 valence electrons. The standard InChI is InChI=1S/C8H16N4O4/c9-8(10)11-3-1-2-5(12-16)6(13)4-7(14)15/h5,12,16H,1-4H2,(H,14,15)(H4,9,10,11)/t5-/m0/s1. The number of carboxylic acid groups (broad SMARTS) is 1. The molecule has 0 aromatic heterocycles. The van der Waals surface area contributed by atoms with Crippen LogP contribution in [0.2, 0.25) is 0 Å². The van der Waals surface area contributed by atoms with E-state index in [1.165, 1.54) is 0 Å². The van der Waals surface area contributed by atoms with E-state index in [0.717, 1.165) is 0 Å². The summed E-state index contributed by atoms with van der Waals surface area (Å²) in [7, 11) is 0. The number of carbonyl (C=O) groups is 2. The minimum absolute atomic E-state index is 0.176. The van der Waals surface area contributed by atoms with Crippen molar-refractivity contribution in [2.45, 2.75) is 25.3 Å². The Hall–Kier alpha value is -1.67. The first-order valence-electron chi connectivity index (χ1n) is 4.69. The van der Waals surface area contributed by atoms with E-state index in [1.54, 1.807) is 5.48 Å². The molecule has 0 radical (unpaired) electrons. The number of nitrogens with two attached hydrogens (primary N) is 1. The second kappa shape index (κ2) is 7.60. The van der Waals surface area contributed by atoms with Crippen LogP contribution in [-0.2, 0) is 9.59 Å². The Morgan fingerprint density at radius 3 is 2.50 bits per heavy atom. The Labute approximate surface area is 92.3 Å². The topological polar surface area (TPSA) is 149 Å². The third-order valence-corrected chi connectivity index (χ3v) is 1.85. The maximum Gasteiger partial charge on any atom is 0.310 e. The molecule has 0 aliphatic carbocycles. The number of guanidine groups is 1. The lowest BCUT2D eigenvalue weighted by Gasteiger charge is -2.12. The maximum absolute atomic E-state index is 11.2. The lowest BCUT2D eigenvalue weighted by Crippen LogP contribution is -2.37. The van der Waals surface area contributed by atoms with Crippen molar-refractivity contribution in [1.82, 2.24) is 10.8 Å². The predicted octanol–water partition coefficient (Wildman–Crippen LogP) is -1.36. The van der Waals surface area contributed by atoms with E-state index in [2.05, 4.69) is 5.32 Å². The zero-order valence-corrected chi connectivity index (χ0v) is 8.69. The van der Waals surface area contributed by atoms with Gasteiger partial charge in [-0.1, -0.05) is 0 Å². The average molecular weight is 232 g/mol. The number of carboxylic acids is 1. The van der Waals surface area contributed by atoms with Crippen molar-refractivity contribution in [3.63, 3.8) is 0 Å². The van der Waals surface area contributed by atoms with Gasteiger partial charge >= 0.3 is 5.97 Å². The number of ketones is 1. The molecule has 0 bridgehead atoms. The number of carbonyl (C=O) groups excluding carboxylic acids is 1. The Morgan fingerprint density at radius 1 is 1.44 bits per heavy atom. The quantitative estimate of drug-likeness (QED) is 0.0994. The first kappa shape index (κ1) is 14.3. The lowest BCUT2D eigenvalue weighted by molar-refractivity contribution is -0.141. The van der Waals surface area contributed by atoms with Gasteiger partial charge in [-0.15, -0.1) is 0 Å². The van der Waals surface area contributed by atoms with E-state index in [9.17, 15) is 9.59 Å². The van der Waals surface area contributed by atoms with E-state index in [4.69, 9.17) is 21.5 Å². The van der Waals surface area contributed by atoms with E-state index in [-0.39, 0.29) is 12.4 Å². The molecule has 0 heterocycles. The molecule has 0 aromatic carbocycles. The second-order valence-electron chi connectivity index (χ2n) is 3.20. The minimum atomic E-state index is -1.23. The van der Waals surface area contributed by atoms with Crippen LogP contribution in [0, 0.1) is 5.41 Å². The largest absolute Gasteiger partial charge is 0.481 e. The van der Waals surface area contributed by atoms with E-state index >= 15 is 0 Å². The molecule has 16 heavy (non-hydrogen) atoms. The number of rotatable bonds is 8. The number of aliphatic carboxylic acids is 1. The molecule has 0 rings (SSSR count). The fraction of sp³-hybridized carbons (Fsp3) is 0.625. The zero-order valence-electron chi connectivity index (χ0n) is 8.69.